The minimum Gasteiger partial charge on any atom is -0.493 e. The molecule has 1 aliphatic heterocycles. The van der Waals surface area contributed by atoms with E-state index in [2.05, 4.69) is 4.98 Å². The van der Waals surface area contributed by atoms with E-state index in [9.17, 15) is 13.2 Å². The molecule has 0 amide bonds. The predicted molar refractivity (Wildman–Crippen MR) is 148 cm³/mol. The molecule has 9 nitrogen and oxygen atoms in total. The minimum absolute atomic E-state index is 0.0691. The van der Waals surface area contributed by atoms with Crippen LogP contribution in [0.4, 0.5) is 0 Å². The maximum atomic E-state index is 14.0. The molecule has 0 bridgehead atoms. The maximum Gasteiger partial charge on any atom is 0.252 e. The van der Waals surface area contributed by atoms with Gasteiger partial charge in [-0.15, -0.1) is 0 Å². The van der Waals surface area contributed by atoms with Crippen molar-refractivity contribution in [3.63, 3.8) is 0 Å². The van der Waals surface area contributed by atoms with Crippen molar-refractivity contribution in [2.24, 2.45) is 0 Å². The zero-order chi connectivity index (χ0) is 27.6. The lowest BCUT2D eigenvalue weighted by Gasteiger charge is -2.24. The van der Waals surface area contributed by atoms with Gasteiger partial charge in [0, 0.05) is 36.2 Å². The summed E-state index contributed by atoms with van der Waals surface area (Å²) in [6.07, 6.45) is 0.474. The number of aromatic amines is 1. The number of pyridine rings is 1. The molecular formula is C29H30N2O7S. The van der Waals surface area contributed by atoms with Gasteiger partial charge in [-0.2, -0.15) is 4.31 Å². The highest BCUT2D eigenvalue weighted by atomic mass is 32.2. The summed E-state index contributed by atoms with van der Waals surface area (Å²) in [5.74, 6) is 1.87. The van der Waals surface area contributed by atoms with E-state index in [1.165, 1.54) is 30.7 Å². The van der Waals surface area contributed by atoms with Gasteiger partial charge in [0.05, 0.1) is 24.6 Å². The van der Waals surface area contributed by atoms with Crippen molar-refractivity contribution < 1.29 is 27.4 Å². The molecule has 10 heteroatoms. The molecule has 2 heterocycles. The number of methoxy groups -OCH3 is 2. The zero-order valence-corrected chi connectivity index (χ0v) is 22.8. The number of hydrogen-bond donors (Lipinski definition) is 1. The molecule has 39 heavy (non-hydrogen) atoms. The molecule has 0 unspecified atom stereocenters. The molecule has 1 N–H and O–H groups in total. The number of aromatic nitrogens is 1. The summed E-state index contributed by atoms with van der Waals surface area (Å²) in [4.78, 5) is 16.0. The molecule has 0 fully saturated rings. The lowest BCUT2D eigenvalue weighted by atomic mass is 10.1. The van der Waals surface area contributed by atoms with Crippen LogP contribution < -0.4 is 24.5 Å². The van der Waals surface area contributed by atoms with Crippen molar-refractivity contribution in [3.8, 4) is 23.0 Å². The number of H-pyrrole nitrogens is 1. The number of aryl methyl sites for hydroxylation is 1. The van der Waals surface area contributed by atoms with E-state index >= 15 is 0 Å². The fourth-order valence-electron chi connectivity index (χ4n) is 4.62. The summed E-state index contributed by atoms with van der Waals surface area (Å²) in [5, 5.41) is 0.692. The summed E-state index contributed by atoms with van der Waals surface area (Å²) in [5.41, 5.74) is 2.57. The number of nitrogens with zero attached hydrogens (tertiary/aromatic N) is 1. The van der Waals surface area contributed by atoms with Crippen LogP contribution >= 0.6 is 0 Å². The standard InChI is InChI=1S/C29H30N2O7S/c1-19-5-4-6-20(13-19)9-10-31(39(33,34)23-7-8-25-28(16-23)38-12-11-37-25)18-22-14-21-15-26(35-2)27(36-3)17-24(21)30-29(22)32/h4-8,13-17H,9-12,18H2,1-3H3,(H,30,32). The van der Waals surface area contributed by atoms with Crippen LogP contribution in [0.3, 0.4) is 0 Å². The third kappa shape index (κ3) is 5.57. The molecule has 0 saturated carbocycles. The Morgan fingerprint density at radius 3 is 2.41 bits per heavy atom. The Balaban J connectivity index is 1.53. The van der Waals surface area contributed by atoms with Gasteiger partial charge in [-0.05, 0) is 43.2 Å². The molecule has 0 aliphatic carbocycles. The second kappa shape index (κ2) is 11.0. The summed E-state index contributed by atoms with van der Waals surface area (Å²) >= 11 is 0. The third-order valence-electron chi connectivity index (χ3n) is 6.66. The van der Waals surface area contributed by atoms with Crippen molar-refractivity contribution in [1.82, 2.24) is 9.29 Å². The van der Waals surface area contributed by atoms with Crippen molar-refractivity contribution in [3.05, 3.63) is 87.7 Å². The Morgan fingerprint density at radius 1 is 0.923 bits per heavy atom. The highest BCUT2D eigenvalue weighted by Crippen LogP contribution is 2.34. The lowest BCUT2D eigenvalue weighted by Crippen LogP contribution is -2.34. The predicted octanol–water partition coefficient (Wildman–Crippen LogP) is 4.06. The van der Waals surface area contributed by atoms with Gasteiger partial charge in [-0.1, -0.05) is 29.8 Å². The summed E-state index contributed by atoms with van der Waals surface area (Å²) in [6, 6.07) is 17.6. The van der Waals surface area contributed by atoms with Crippen LogP contribution in [0.2, 0.25) is 0 Å². The summed E-state index contributed by atoms with van der Waals surface area (Å²) in [7, 11) is -0.956. The highest BCUT2D eigenvalue weighted by molar-refractivity contribution is 7.89. The van der Waals surface area contributed by atoms with Gasteiger partial charge < -0.3 is 23.9 Å². The van der Waals surface area contributed by atoms with Gasteiger partial charge in [-0.3, -0.25) is 4.79 Å². The Labute approximate surface area is 226 Å². The molecule has 3 aromatic carbocycles. The van der Waals surface area contributed by atoms with Crippen molar-refractivity contribution in [2.45, 2.75) is 24.8 Å². The van der Waals surface area contributed by atoms with Crippen LogP contribution in [-0.2, 0) is 23.0 Å². The van der Waals surface area contributed by atoms with Gasteiger partial charge in [0.2, 0.25) is 10.0 Å². The molecule has 204 valence electrons. The molecule has 0 atom stereocenters. The summed E-state index contributed by atoms with van der Waals surface area (Å²) in [6.45, 7) is 2.79. The lowest BCUT2D eigenvalue weighted by molar-refractivity contribution is 0.171. The second-order valence-corrected chi connectivity index (χ2v) is 11.2. The van der Waals surface area contributed by atoms with E-state index in [1.54, 1.807) is 24.3 Å². The molecule has 5 rings (SSSR count). The molecule has 0 saturated heterocycles. The van der Waals surface area contributed by atoms with Crippen LogP contribution in [-0.4, -0.2) is 51.7 Å². The smallest absolute Gasteiger partial charge is 0.252 e. The first-order chi connectivity index (χ1) is 18.8. The van der Waals surface area contributed by atoms with Crippen LogP contribution in [0.25, 0.3) is 10.9 Å². The number of ether oxygens (including phenoxy) is 4. The highest BCUT2D eigenvalue weighted by Gasteiger charge is 2.28. The first-order valence-corrected chi connectivity index (χ1v) is 14.0. The van der Waals surface area contributed by atoms with Crippen LogP contribution in [0.15, 0.2) is 70.4 Å². The fourth-order valence-corrected chi connectivity index (χ4v) is 6.06. The van der Waals surface area contributed by atoms with Gasteiger partial charge in [-0.25, -0.2) is 8.42 Å². The fraction of sp³-hybridized carbons (Fsp3) is 0.276. The summed E-state index contributed by atoms with van der Waals surface area (Å²) < 4.78 is 51.2. The average Bonchev–Trinajstić information content (AvgIpc) is 2.94. The van der Waals surface area contributed by atoms with Gasteiger partial charge >= 0.3 is 0 Å². The first-order valence-electron chi connectivity index (χ1n) is 12.5. The number of nitrogens with one attached hydrogen (secondary N) is 1. The Bertz CT molecular complexity index is 1680. The minimum atomic E-state index is -4.01. The number of hydrogen-bond acceptors (Lipinski definition) is 7. The molecular weight excluding hydrogens is 520 g/mol. The SMILES string of the molecule is COc1cc2cc(CN(CCc3cccc(C)c3)S(=O)(=O)c3ccc4c(c3)OCCO4)c(=O)[nH]c2cc1OC. The Morgan fingerprint density at radius 2 is 1.67 bits per heavy atom. The molecule has 0 spiro atoms. The van der Waals surface area contributed by atoms with E-state index in [-0.39, 0.29) is 23.5 Å². The van der Waals surface area contributed by atoms with E-state index < -0.39 is 10.0 Å². The van der Waals surface area contributed by atoms with Crippen molar-refractivity contribution in [1.29, 1.82) is 0 Å². The zero-order valence-electron chi connectivity index (χ0n) is 22.0. The van der Waals surface area contributed by atoms with Crippen LogP contribution in [0.1, 0.15) is 16.7 Å². The van der Waals surface area contributed by atoms with Crippen LogP contribution in [0, 0.1) is 6.92 Å². The average molecular weight is 551 g/mol. The second-order valence-electron chi connectivity index (χ2n) is 9.30. The van der Waals surface area contributed by atoms with E-state index in [0.717, 1.165) is 11.1 Å². The van der Waals surface area contributed by atoms with E-state index in [0.29, 0.717) is 59.1 Å². The monoisotopic (exact) mass is 550 g/mol. The van der Waals surface area contributed by atoms with Gasteiger partial charge in [0.25, 0.3) is 5.56 Å². The van der Waals surface area contributed by atoms with Gasteiger partial charge in [0.1, 0.15) is 13.2 Å². The number of benzene rings is 3. The third-order valence-corrected chi connectivity index (χ3v) is 8.50. The normalized spacial score (nSPS) is 13.0. The number of rotatable bonds is 9. The largest absolute Gasteiger partial charge is 0.493 e. The van der Waals surface area contributed by atoms with Crippen molar-refractivity contribution >= 4 is 20.9 Å². The first kappa shape index (κ1) is 26.6. The molecule has 0 radical (unpaired) electrons. The Hall–Kier alpha value is -4.02. The van der Waals surface area contributed by atoms with E-state index in [4.69, 9.17) is 18.9 Å². The quantitative estimate of drug-likeness (QED) is 0.335. The van der Waals surface area contributed by atoms with Crippen LogP contribution in [0.5, 0.6) is 23.0 Å². The Kier molecular flexibility index (Phi) is 7.49. The molecule has 4 aromatic rings. The number of sulfonamides is 1. The molecule has 1 aliphatic rings. The van der Waals surface area contributed by atoms with E-state index in [1.807, 2.05) is 31.2 Å². The molecule has 1 aromatic heterocycles. The number of fused-ring (bicyclic) bond motifs is 2. The maximum absolute atomic E-state index is 14.0. The topological polar surface area (TPSA) is 107 Å². The van der Waals surface area contributed by atoms with Gasteiger partial charge in [0.15, 0.2) is 23.0 Å². The van der Waals surface area contributed by atoms with Crippen molar-refractivity contribution in [2.75, 3.05) is 34.0 Å².